The number of nitrogens with zero attached hydrogens (tertiary/aromatic N) is 2. The summed E-state index contributed by atoms with van der Waals surface area (Å²) in [5, 5.41) is 11.0. The summed E-state index contributed by atoms with van der Waals surface area (Å²) in [6.07, 6.45) is 1.40. The lowest BCUT2D eigenvalue weighted by molar-refractivity contribution is -0.390. The van der Waals surface area contributed by atoms with Gasteiger partial charge in [0.2, 0.25) is 5.75 Å². The van der Waals surface area contributed by atoms with Crippen LogP contribution in [0.25, 0.3) is 0 Å². The molecule has 0 fully saturated rings. The van der Waals surface area contributed by atoms with E-state index in [1.807, 2.05) is 6.92 Å². The Kier molecular flexibility index (Phi) is 5.05. The van der Waals surface area contributed by atoms with Crippen molar-refractivity contribution < 1.29 is 14.1 Å². The van der Waals surface area contributed by atoms with Crippen molar-refractivity contribution in [2.45, 2.75) is 19.4 Å². The number of pyridine rings is 1. The quantitative estimate of drug-likeness (QED) is 0.426. The molecule has 0 aliphatic heterocycles. The van der Waals surface area contributed by atoms with Crippen LogP contribution in [0, 0.1) is 19.5 Å². The number of nitro groups is 1. The van der Waals surface area contributed by atoms with Crippen LogP contribution < -0.4 is 4.74 Å². The largest absolute Gasteiger partial charge is 0.477 e. The maximum atomic E-state index is 13.4. The van der Waals surface area contributed by atoms with E-state index in [1.54, 1.807) is 12.1 Å². The minimum Gasteiger partial charge on any atom is -0.477 e. The van der Waals surface area contributed by atoms with E-state index in [0.29, 0.717) is 12.0 Å². The summed E-state index contributed by atoms with van der Waals surface area (Å²) >= 11 is 2.08. The molecule has 0 aliphatic carbocycles. The Morgan fingerprint density at radius 2 is 2.24 bits per heavy atom. The fourth-order valence-corrected chi connectivity index (χ4v) is 2.58. The van der Waals surface area contributed by atoms with Gasteiger partial charge in [0, 0.05) is 9.13 Å². The van der Waals surface area contributed by atoms with Crippen LogP contribution in [0.15, 0.2) is 36.5 Å². The molecule has 1 aromatic heterocycles. The second-order valence-electron chi connectivity index (χ2n) is 4.26. The van der Waals surface area contributed by atoms with Gasteiger partial charge in [-0.1, -0.05) is 6.92 Å². The Bertz CT molecular complexity index is 666. The van der Waals surface area contributed by atoms with E-state index < -0.39 is 11.0 Å². The topological polar surface area (TPSA) is 65.3 Å². The smallest absolute Gasteiger partial charge is 0.406 e. The lowest BCUT2D eigenvalue weighted by Gasteiger charge is -2.19. The van der Waals surface area contributed by atoms with Crippen LogP contribution in [-0.2, 0) is 0 Å². The molecule has 0 N–H and O–H groups in total. The van der Waals surface area contributed by atoms with Crippen LogP contribution in [0.4, 0.5) is 10.2 Å². The van der Waals surface area contributed by atoms with Gasteiger partial charge in [-0.05, 0) is 69.3 Å². The van der Waals surface area contributed by atoms with Crippen LogP contribution in [0.2, 0.25) is 0 Å². The molecular formula is C14H12FIN2O3. The van der Waals surface area contributed by atoms with E-state index in [1.165, 1.54) is 24.4 Å². The average Bonchev–Trinajstić information content (AvgIpc) is 2.47. The molecule has 7 heteroatoms. The molecule has 0 amide bonds. The molecule has 0 radical (unpaired) electrons. The first-order valence-corrected chi connectivity index (χ1v) is 7.31. The maximum absolute atomic E-state index is 13.4. The molecular weight excluding hydrogens is 390 g/mol. The van der Waals surface area contributed by atoms with E-state index in [-0.39, 0.29) is 17.4 Å². The highest BCUT2D eigenvalue weighted by Crippen LogP contribution is 2.32. The van der Waals surface area contributed by atoms with E-state index in [0.717, 1.165) is 3.57 Å². The summed E-state index contributed by atoms with van der Waals surface area (Å²) < 4.78 is 20.0. The number of halogens is 2. The summed E-state index contributed by atoms with van der Waals surface area (Å²) in [6, 6.07) is 7.45. The van der Waals surface area contributed by atoms with Crippen LogP contribution in [0.5, 0.6) is 5.75 Å². The molecule has 2 rings (SSSR count). The van der Waals surface area contributed by atoms with Gasteiger partial charge in [0.25, 0.3) is 0 Å². The molecule has 0 bridgehead atoms. The molecule has 0 spiro atoms. The first kappa shape index (κ1) is 15.6. The van der Waals surface area contributed by atoms with Crippen molar-refractivity contribution in [1.29, 1.82) is 0 Å². The molecule has 1 unspecified atom stereocenters. The van der Waals surface area contributed by atoms with Gasteiger partial charge in [-0.15, -0.1) is 0 Å². The molecule has 5 nitrogen and oxygen atoms in total. The van der Waals surface area contributed by atoms with Gasteiger partial charge in [-0.25, -0.2) is 4.39 Å². The first-order valence-electron chi connectivity index (χ1n) is 6.24. The minimum absolute atomic E-state index is 0.0782. The van der Waals surface area contributed by atoms with Crippen molar-refractivity contribution >= 4 is 28.4 Å². The molecule has 1 aromatic carbocycles. The lowest BCUT2D eigenvalue weighted by atomic mass is 10.1. The molecule has 0 saturated heterocycles. The number of hydrogen-bond donors (Lipinski definition) is 0. The zero-order chi connectivity index (χ0) is 15.4. The molecule has 2 aromatic rings. The summed E-state index contributed by atoms with van der Waals surface area (Å²) in [5.74, 6) is -0.634. The molecule has 1 heterocycles. The Morgan fingerprint density at radius 3 is 2.90 bits per heavy atom. The van der Waals surface area contributed by atoms with Gasteiger partial charge in [0.15, 0.2) is 0 Å². The van der Waals surface area contributed by atoms with Gasteiger partial charge < -0.3 is 14.9 Å². The van der Waals surface area contributed by atoms with Gasteiger partial charge in [0.1, 0.15) is 18.1 Å². The van der Waals surface area contributed by atoms with Gasteiger partial charge in [-0.3, -0.25) is 0 Å². The summed E-state index contributed by atoms with van der Waals surface area (Å²) in [7, 11) is 0. The van der Waals surface area contributed by atoms with E-state index in [2.05, 4.69) is 27.6 Å². The van der Waals surface area contributed by atoms with E-state index in [4.69, 9.17) is 4.74 Å². The van der Waals surface area contributed by atoms with Crippen LogP contribution in [0.1, 0.15) is 25.0 Å². The van der Waals surface area contributed by atoms with Gasteiger partial charge >= 0.3 is 5.82 Å². The number of hydrogen-bond acceptors (Lipinski definition) is 4. The van der Waals surface area contributed by atoms with Gasteiger partial charge in [0.05, 0.1) is 0 Å². The zero-order valence-corrected chi connectivity index (χ0v) is 13.3. The predicted octanol–water partition coefficient (Wildman–Crippen LogP) is 4.26. The third-order valence-electron chi connectivity index (χ3n) is 2.87. The molecule has 1 atom stereocenters. The van der Waals surface area contributed by atoms with Crippen molar-refractivity contribution in [2.75, 3.05) is 0 Å². The number of aromatic nitrogens is 1. The number of benzene rings is 1. The molecule has 21 heavy (non-hydrogen) atoms. The molecule has 110 valence electrons. The van der Waals surface area contributed by atoms with Crippen molar-refractivity contribution in [3.05, 3.63) is 61.6 Å². The summed E-state index contributed by atoms with van der Waals surface area (Å²) in [5.41, 5.74) is 0.663. The van der Waals surface area contributed by atoms with Crippen LogP contribution in [-0.4, -0.2) is 9.91 Å². The number of ether oxygens (including phenoxy) is 1. The van der Waals surface area contributed by atoms with Crippen molar-refractivity contribution in [2.24, 2.45) is 0 Å². The summed E-state index contributed by atoms with van der Waals surface area (Å²) in [6.45, 7) is 1.87. The third kappa shape index (κ3) is 3.66. The summed E-state index contributed by atoms with van der Waals surface area (Å²) in [4.78, 5) is 14.1. The highest BCUT2D eigenvalue weighted by Gasteiger charge is 2.21. The fourth-order valence-electron chi connectivity index (χ4n) is 1.89. The Labute approximate surface area is 134 Å². The second-order valence-corrected chi connectivity index (χ2v) is 5.43. The highest BCUT2D eigenvalue weighted by atomic mass is 127. The van der Waals surface area contributed by atoms with E-state index >= 15 is 0 Å². The zero-order valence-electron chi connectivity index (χ0n) is 11.1. The third-order valence-corrected chi connectivity index (χ3v) is 3.85. The Morgan fingerprint density at radius 1 is 1.48 bits per heavy atom. The maximum Gasteiger partial charge on any atom is 0.406 e. The average molecular weight is 402 g/mol. The van der Waals surface area contributed by atoms with Crippen LogP contribution >= 0.6 is 22.6 Å². The molecule has 0 saturated carbocycles. The predicted molar refractivity (Wildman–Crippen MR) is 83.7 cm³/mol. The Hall–Kier alpha value is -1.77. The highest BCUT2D eigenvalue weighted by molar-refractivity contribution is 14.1. The fraction of sp³-hybridized carbons (Fsp3) is 0.214. The first-order chi connectivity index (χ1) is 10.0. The van der Waals surface area contributed by atoms with Crippen molar-refractivity contribution in [3.8, 4) is 5.75 Å². The van der Waals surface area contributed by atoms with E-state index in [9.17, 15) is 14.5 Å². The molecule has 0 aliphatic rings. The monoisotopic (exact) mass is 402 g/mol. The van der Waals surface area contributed by atoms with Crippen LogP contribution in [0.3, 0.4) is 0 Å². The van der Waals surface area contributed by atoms with Crippen molar-refractivity contribution in [3.63, 3.8) is 0 Å². The normalized spacial score (nSPS) is 12.0. The number of rotatable bonds is 5. The SMILES string of the molecule is CCC(Oc1cccnc1[N+](=O)[O-])c1cc(F)ccc1I. The standard InChI is InChI=1S/C14H12FIN2O3/c1-2-12(10-8-9(15)5-6-11(10)16)21-13-4-3-7-17-14(13)18(19)20/h3-8,12H,2H2,1H3. The van der Waals surface area contributed by atoms with Gasteiger partial charge in [-0.2, -0.15) is 0 Å². The second kappa shape index (κ2) is 6.79. The minimum atomic E-state index is -0.599. The lowest BCUT2D eigenvalue weighted by Crippen LogP contribution is -2.10. The van der Waals surface area contributed by atoms with Crippen molar-refractivity contribution in [1.82, 2.24) is 4.98 Å². The Balaban J connectivity index is 2.36.